The van der Waals surface area contributed by atoms with E-state index in [0.717, 1.165) is 12.2 Å². The van der Waals surface area contributed by atoms with Crippen LogP contribution in [0.25, 0.3) is 0 Å². The first-order valence-electron chi connectivity index (χ1n) is 10.5. The molecular weight excluding hydrogens is 308 g/mol. The molecule has 2 rings (SSSR count). The van der Waals surface area contributed by atoms with Crippen LogP contribution in [0.1, 0.15) is 95.6 Å². The van der Waals surface area contributed by atoms with Crippen LogP contribution < -0.4 is 4.74 Å². The monoisotopic (exact) mass is 344 g/mol. The van der Waals surface area contributed by atoms with Crippen LogP contribution in [0.4, 0.5) is 0 Å². The molecule has 0 bridgehead atoms. The Bertz CT molecular complexity index is 519. The Labute approximate surface area is 154 Å². The van der Waals surface area contributed by atoms with E-state index in [0.29, 0.717) is 5.95 Å². The second-order valence-corrected chi connectivity index (χ2v) is 7.23. The molecule has 0 spiro atoms. The Morgan fingerprint density at radius 1 is 0.760 bits per heavy atom. The van der Waals surface area contributed by atoms with Crippen LogP contribution in [0.15, 0.2) is 30.4 Å². The Morgan fingerprint density at radius 2 is 1.36 bits per heavy atom. The summed E-state index contributed by atoms with van der Waals surface area (Å²) in [5, 5.41) is 0. The van der Waals surface area contributed by atoms with E-state index in [1.165, 1.54) is 88.2 Å². The van der Waals surface area contributed by atoms with Gasteiger partial charge in [0.25, 0.3) is 0 Å². The van der Waals surface area contributed by atoms with E-state index in [4.69, 9.17) is 9.47 Å². The normalized spacial score (nSPS) is 12.6. The summed E-state index contributed by atoms with van der Waals surface area (Å²) in [5.74, 6) is 1.66. The molecule has 0 fully saturated rings. The van der Waals surface area contributed by atoms with Crippen molar-refractivity contribution in [1.82, 2.24) is 0 Å². The molecule has 0 atom stereocenters. The number of aryl methyl sites for hydroxylation is 1. The van der Waals surface area contributed by atoms with Crippen molar-refractivity contribution < 1.29 is 9.47 Å². The molecule has 140 valence electrons. The molecule has 0 saturated heterocycles. The van der Waals surface area contributed by atoms with E-state index in [2.05, 4.69) is 32.0 Å². The van der Waals surface area contributed by atoms with Crippen molar-refractivity contribution in [2.45, 2.75) is 97.3 Å². The summed E-state index contributed by atoms with van der Waals surface area (Å²) < 4.78 is 10.9. The fraction of sp³-hybridized carbons (Fsp3) is 0.652. The van der Waals surface area contributed by atoms with E-state index in [1.807, 2.05) is 0 Å². The molecule has 2 nitrogen and oxygen atoms in total. The van der Waals surface area contributed by atoms with Crippen LogP contribution in [0.3, 0.4) is 0 Å². The fourth-order valence-corrected chi connectivity index (χ4v) is 3.41. The number of unbranched alkanes of at least 4 members (excludes halogenated alkanes) is 9. The van der Waals surface area contributed by atoms with Crippen LogP contribution in [0.2, 0.25) is 0 Å². The van der Waals surface area contributed by atoms with Crippen molar-refractivity contribution >= 4 is 0 Å². The fourth-order valence-electron chi connectivity index (χ4n) is 3.41. The molecule has 1 aromatic rings. The molecule has 0 aliphatic carbocycles. The lowest BCUT2D eigenvalue weighted by Crippen LogP contribution is -2.00. The number of rotatable bonds is 15. The van der Waals surface area contributed by atoms with Crippen LogP contribution in [-0.4, -0.2) is 0 Å². The molecule has 0 saturated carbocycles. The minimum absolute atomic E-state index is 0.655. The van der Waals surface area contributed by atoms with Crippen LogP contribution in [0.5, 0.6) is 5.75 Å². The molecule has 0 N–H and O–H groups in total. The lowest BCUT2D eigenvalue weighted by molar-refractivity contribution is 0.295. The number of ether oxygens (including phenoxy) is 2. The first kappa shape index (κ1) is 19.9. The summed E-state index contributed by atoms with van der Waals surface area (Å²) in [6, 6.07) is 6.51. The zero-order chi connectivity index (χ0) is 17.7. The number of benzene rings is 1. The highest BCUT2D eigenvalue weighted by Gasteiger charge is 2.17. The average Bonchev–Trinajstić information content (AvgIpc) is 3.43. The van der Waals surface area contributed by atoms with Gasteiger partial charge in [-0.2, -0.15) is 0 Å². The largest absolute Gasteiger partial charge is 0.424 e. The Hall–Kier alpha value is -1.44. The number of hydrogen-bond acceptors (Lipinski definition) is 2. The Kier molecular flexibility index (Phi) is 9.54. The molecule has 2 heteroatoms. The lowest BCUT2D eigenvalue weighted by Gasteiger charge is -2.14. The third kappa shape index (κ3) is 7.98. The molecule has 1 heterocycles. The van der Waals surface area contributed by atoms with Crippen molar-refractivity contribution in [3.05, 3.63) is 41.5 Å². The maximum Gasteiger partial charge on any atom is 0.327 e. The maximum absolute atomic E-state index is 5.86. The van der Waals surface area contributed by atoms with Crippen LogP contribution >= 0.6 is 0 Å². The number of hydrogen-bond donors (Lipinski definition) is 0. The van der Waals surface area contributed by atoms with Crippen molar-refractivity contribution in [2.75, 3.05) is 0 Å². The van der Waals surface area contributed by atoms with E-state index in [1.54, 1.807) is 6.26 Å². The minimum atomic E-state index is 0.655. The SMILES string of the molecule is CCCCCCCCCc1cccc(OC2=CO2)c1CCCCCC. The second-order valence-electron chi connectivity index (χ2n) is 7.23. The molecule has 0 unspecified atom stereocenters. The quantitative estimate of drug-likeness (QED) is 0.311. The topological polar surface area (TPSA) is 21.8 Å². The van der Waals surface area contributed by atoms with Gasteiger partial charge >= 0.3 is 5.95 Å². The molecule has 1 aliphatic heterocycles. The van der Waals surface area contributed by atoms with Crippen molar-refractivity contribution in [3.63, 3.8) is 0 Å². The predicted octanol–water partition coefficient (Wildman–Crippen LogP) is 7.31. The standard InChI is InChI=1S/C23H36O2/c1-3-5-7-9-10-11-12-15-20-16-14-18-22(25-23-19-24-23)21(20)17-13-8-6-4-2/h14,16,18-19H,3-13,15,17H2,1-2H3. The lowest BCUT2D eigenvalue weighted by atomic mass is 9.95. The van der Waals surface area contributed by atoms with Crippen LogP contribution in [-0.2, 0) is 17.6 Å². The van der Waals surface area contributed by atoms with E-state index >= 15 is 0 Å². The summed E-state index contributed by atoms with van der Waals surface area (Å²) in [7, 11) is 0. The Morgan fingerprint density at radius 3 is 2.04 bits per heavy atom. The first-order valence-corrected chi connectivity index (χ1v) is 10.5. The summed E-state index contributed by atoms with van der Waals surface area (Å²) in [5.41, 5.74) is 2.88. The summed E-state index contributed by atoms with van der Waals surface area (Å²) in [6.07, 6.45) is 18.6. The van der Waals surface area contributed by atoms with Gasteiger partial charge in [0, 0.05) is 0 Å². The molecule has 1 aromatic carbocycles. The van der Waals surface area contributed by atoms with E-state index in [-0.39, 0.29) is 0 Å². The van der Waals surface area contributed by atoms with Gasteiger partial charge in [-0.25, -0.2) is 0 Å². The van der Waals surface area contributed by atoms with E-state index < -0.39 is 0 Å². The zero-order valence-corrected chi connectivity index (χ0v) is 16.3. The highest BCUT2D eigenvalue weighted by atomic mass is 16.7. The van der Waals surface area contributed by atoms with Gasteiger partial charge in [0.15, 0.2) is 6.26 Å². The van der Waals surface area contributed by atoms with Gasteiger partial charge in [0.2, 0.25) is 0 Å². The first-order chi connectivity index (χ1) is 12.3. The molecule has 0 radical (unpaired) electrons. The van der Waals surface area contributed by atoms with Crippen molar-refractivity contribution in [3.8, 4) is 5.75 Å². The third-order valence-electron chi connectivity index (χ3n) is 4.98. The average molecular weight is 345 g/mol. The van der Waals surface area contributed by atoms with Gasteiger partial charge in [-0.1, -0.05) is 83.8 Å². The van der Waals surface area contributed by atoms with E-state index in [9.17, 15) is 0 Å². The highest BCUT2D eigenvalue weighted by molar-refractivity contribution is 5.41. The van der Waals surface area contributed by atoms with Gasteiger partial charge in [0.05, 0.1) is 0 Å². The van der Waals surface area contributed by atoms with Gasteiger partial charge in [-0.15, -0.1) is 0 Å². The molecule has 0 amide bonds. The second kappa shape index (κ2) is 12.0. The molecule has 25 heavy (non-hydrogen) atoms. The molecular formula is C23H36O2. The van der Waals surface area contributed by atoms with Gasteiger partial charge in [-0.05, 0) is 42.9 Å². The Balaban J connectivity index is 1.84. The maximum atomic E-state index is 5.86. The van der Waals surface area contributed by atoms with Crippen molar-refractivity contribution in [1.29, 1.82) is 0 Å². The highest BCUT2D eigenvalue weighted by Crippen LogP contribution is 2.30. The summed E-state index contributed by atoms with van der Waals surface area (Å²) in [6.45, 7) is 4.54. The zero-order valence-electron chi connectivity index (χ0n) is 16.3. The van der Waals surface area contributed by atoms with Gasteiger partial charge < -0.3 is 9.47 Å². The summed E-state index contributed by atoms with van der Waals surface area (Å²) in [4.78, 5) is 0. The summed E-state index contributed by atoms with van der Waals surface area (Å²) >= 11 is 0. The van der Waals surface area contributed by atoms with Crippen LogP contribution in [0, 0.1) is 0 Å². The van der Waals surface area contributed by atoms with Gasteiger partial charge in [0.1, 0.15) is 5.75 Å². The smallest absolute Gasteiger partial charge is 0.327 e. The minimum Gasteiger partial charge on any atom is -0.424 e. The predicted molar refractivity (Wildman–Crippen MR) is 106 cm³/mol. The molecule has 1 aliphatic rings. The van der Waals surface area contributed by atoms with Gasteiger partial charge in [-0.3, -0.25) is 0 Å². The third-order valence-corrected chi connectivity index (χ3v) is 4.98. The molecule has 0 aromatic heterocycles. The van der Waals surface area contributed by atoms with Crippen molar-refractivity contribution in [2.24, 2.45) is 0 Å².